The predicted molar refractivity (Wildman–Crippen MR) is 79.8 cm³/mol. The van der Waals surface area contributed by atoms with Crippen LogP contribution in [0.1, 0.15) is 0 Å². The highest BCUT2D eigenvalue weighted by molar-refractivity contribution is 9.10. The van der Waals surface area contributed by atoms with E-state index >= 15 is 0 Å². The molecule has 112 valence electrons. The highest BCUT2D eigenvalue weighted by atomic mass is 79.9. The second-order valence-corrected chi connectivity index (χ2v) is 8.04. The normalized spacial score (nSPS) is 12.1. The average Bonchev–Trinajstić information content (AvgIpc) is 2.37. The summed E-state index contributed by atoms with van der Waals surface area (Å²) >= 11 is 3.19. The number of hydrogen-bond acceptors (Lipinski definition) is 5. The van der Waals surface area contributed by atoms with Crippen LogP contribution < -0.4 is 9.32 Å². The van der Waals surface area contributed by atoms with Gasteiger partial charge in [-0.25, -0.2) is 13.6 Å². The molecule has 0 spiro atoms. The molecule has 0 bridgehead atoms. The molecule has 0 aromatic heterocycles. The summed E-state index contributed by atoms with van der Waals surface area (Å²) in [7, 11) is -8.15. The van der Waals surface area contributed by atoms with Gasteiger partial charge in [-0.05, 0) is 36.4 Å². The van der Waals surface area contributed by atoms with Crippen LogP contribution in [0.3, 0.4) is 0 Å². The first kappa shape index (κ1) is 16.0. The van der Waals surface area contributed by atoms with E-state index in [-0.39, 0.29) is 15.5 Å². The highest BCUT2D eigenvalue weighted by Crippen LogP contribution is 2.23. The van der Waals surface area contributed by atoms with Crippen molar-refractivity contribution in [1.29, 1.82) is 0 Å². The van der Waals surface area contributed by atoms with Crippen molar-refractivity contribution in [2.24, 2.45) is 5.14 Å². The predicted octanol–water partition coefficient (Wildman–Crippen LogP) is 1.86. The molecule has 2 N–H and O–H groups in total. The summed E-state index contributed by atoms with van der Waals surface area (Å²) in [6, 6.07) is 10.9. The zero-order chi connectivity index (χ0) is 15.7. The quantitative estimate of drug-likeness (QED) is 0.800. The first-order chi connectivity index (χ1) is 9.68. The van der Waals surface area contributed by atoms with Gasteiger partial charge in [-0.3, -0.25) is 0 Å². The number of sulfonamides is 1. The molecule has 0 saturated heterocycles. The molecule has 6 nitrogen and oxygen atoms in total. The van der Waals surface area contributed by atoms with Crippen molar-refractivity contribution < 1.29 is 21.0 Å². The van der Waals surface area contributed by atoms with Crippen LogP contribution in [0.15, 0.2) is 62.8 Å². The van der Waals surface area contributed by atoms with E-state index in [1.165, 1.54) is 30.3 Å². The molecule has 9 heteroatoms. The second kappa shape index (κ2) is 5.76. The van der Waals surface area contributed by atoms with Crippen LogP contribution in [0.5, 0.6) is 5.75 Å². The van der Waals surface area contributed by atoms with Crippen molar-refractivity contribution in [3.8, 4) is 5.75 Å². The van der Waals surface area contributed by atoms with Gasteiger partial charge in [-0.1, -0.05) is 28.1 Å². The SMILES string of the molecule is NS(=O)(=O)c1cccc(S(=O)(=O)Oc2cccc(Br)c2)c1. The van der Waals surface area contributed by atoms with E-state index in [0.717, 1.165) is 6.07 Å². The zero-order valence-corrected chi connectivity index (χ0v) is 13.7. The molecule has 0 unspecified atom stereocenters. The Hall–Kier alpha value is -1.42. The molecular formula is C12H10BrNO5S2. The van der Waals surface area contributed by atoms with E-state index < -0.39 is 20.1 Å². The van der Waals surface area contributed by atoms with Crippen LogP contribution >= 0.6 is 15.9 Å². The molecule has 0 aliphatic rings. The third-order valence-electron chi connectivity index (χ3n) is 2.42. The van der Waals surface area contributed by atoms with E-state index in [0.29, 0.717) is 4.47 Å². The van der Waals surface area contributed by atoms with E-state index in [9.17, 15) is 16.8 Å². The van der Waals surface area contributed by atoms with Crippen LogP contribution in [-0.2, 0) is 20.1 Å². The van der Waals surface area contributed by atoms with E-state index in [4.69, 9.17) is 9.32 Å². The maximum absolute atomic E-state index is 12.1. The molecule has 0 fully saturated rings. The summed E-state index contributed by atoms with van der Waals surface area (Å²) < 4.78 is 52.3. The van der Waals surface area contributed by atoms with Crippen LogP contribution in [0.25, 0.3) is 0 Å². The van der Waals surface area contributed by atoms with Crippen LogP contribution in [0.2, 0.25) is 0 Å². The van der Waals surface area contributed by atoms with E-state index in [1.54, 1.807) is 12.1 Å². The molecule has 21 heavy (non-hydrogen) atoms. The zero-order valence-electron chi connectivity index (χ0n) is 10.4. The minimum atomic E-state index is -4.15. The van der Waals surface area contributed by atoms with Gasteiger partial charge >= 0.3 is 10.1 Å². The van der Waals surface area contributed by atoms with Gasteiger partial charge in [0.05, 0.1) is 4.90 Å². The van der Waals surface area contributed by atoms with Crippen molar-refractivity contribution >= 4 is 36.1 Å². The van der Waals surface area contributed by atoms with Gasteiger partial charge in [0, 0.05) is 4.47 Å². The third-order valence-corrected chi connectivity index (χ3v) is 5.07. The fourth-order valence-electron chi connectivity index (χ4n) is 1.50. The lowest BCUT2D eigenvalue weighted by atomic mass is 10.3. The number of primary sulfonamides is 1. The Balaban J connectivity index is 2.41. The van der Waals surface area contributed by atoms with Crippen molar-refractivity contribution in [2.45, 2.75) is 9.79 Å². The Morgan fingerprint density at radius 3 is 2.14 bits per heavy atom. The largest absolute Gasteiger partial charge is 0.379 e. The summed E-state index contributed by atoms with van der Waals surface area (Å²) in [4.78, 5) is -0.601. The standard InChI is InChI=1S/C12H10BrNO5S2/c13-9-3-1-4-10(7-9)19-21(17,18)12-6-2-5-11(8-12)20(14,15)16/h1-8H,(H2,14,15,16). The summed E-state index contributed by atoms with van der Waals surface area (Å²) in [5.74, 6) is 0.102. The van der Waals surface area contributed by atoms with Crippen molar-refractivity contribution in [3.63, 3.8) is 0 Å². The molecule has 0 aliphatic heterocycles. The van der Waals surface area contributed by atoms with Gasteiger partial charge in [0.15, 0.2) is 0 Å². The lowest BCUT2D eigenvalue weighted by molar-refractivity contribution is 0.485. The molecule has 0 aliphatic carbocycles. The first-order valence-corrected chi connectivity index (χ1v) is 9.26. The number of hydrogen-bond donors (Lipinski definition) is 1. The van der Waals surface area contributed by atoms with Crippen LogP contribution in [0.4, 0.5) is 0 Å². The van der Waals surface area contributed by atoms with Gasteiger partial charge in [0.2, 0.25) is 10.0 Å². The number of halogens is 1. The molecule has 2 rings (SSSR count). The minimum Gasteiger partial charge on any atom is -0.379 e. The van der Waals surface area contributed by atoms with Crippen molar-refractivity contribution in [3.05, 3.63) is 53.0 Å². The van der Waals surface area contributed by atoms with Gasteiger partial charge in [-0.15, -0.1) is 0 Å². The second-order valence-electron chi connectivity index (χ2n) is 4.01. The molecule has 0 heterocycles. The van der Waals surface area contributed by atoms with Crippen molar-refractivity contribution in [2.75, 3.05) is 0 Å². The summed E-state index contributed by atoms with van der Waals surface area (Å²) in [5, 5.41) is 4.97. The number of rotatable bonds is 4. The third kappa shape index (κ3) is 4.03. The Kier molecular flexibility index (Phi) is 4.38. The lowest BCUT2D eigenvalue weighted by Crippen LogP contribution is -2.14. The van der Waals surface area contributed by atoms with Gasteiger partial charge in [0.25, 0.3) is 0 Å². The Bertz CT molecular complexity index is 878. The molecule has 0 amide bonds. The fourth-order valence-corrected chi connectivity index (χ4v) is 3.48. The monoisotopic (exact) mass is 391 g/mol. The number of nitrogens with two attached hydrogens (primary N) is 1. The Morgan fingerprint density at radius 2 is 1.52 bits per heavy atom. The van der Waals surface area contributed by atoms with Gasteiger partial charge in [0.1, 0.15) is 10.6 Å². The molecule has 0 atom stereocenters. The minimum absolute atomic E-state index is 0.102. The van der Waals surface area contributed by atoms with E-state index in [2.05, 4.69) is 15.9 Å². The molecule has 0 saturated carbocycles. The smallest absolute Gasteiger partial charge is 0.339 e. The lowest BCUT2D eigenvalue weighted by Gasteiger charge is -2.08. The Labute approximate surface area is 130 Å². The van der Waals surface area contributed by atoms with Crippen LogP contribution in [0, 0.1) is 0 Å². The van der Waals surface area contributed by atoms with Crippen LogP contribution in [-0.4, -0.2) is 16.8 Å². The first-order valence-electron chi connectivity index (χ1n) is 5.51. The molecular weight excluding hydrogens is 382 g/mol. The highest BCUT2D eigenvalue weighted by Gasteiger charge is 2.19. The summed E-state index contributed by atoms with van der Waals surface area (Å²) in [6.45, 7) is 0. The van der Waals surface area contributed by atoms with E-state index in [1.807, 2.05) is 0 Å². The average molecular weight is 392 g/mol. The molecule has 2 aromatic carbocycles. The maximum atomic E-state index is 12.1. The maximum Gasteiger partial charge on any atom is 0.339 e. The molecule has 2 aromatic rings. The van der Waals surface area contributed by atoms with Crippen molar-refractivity contribution in [1.82, 2.24) is 0 Å². The number of benzene rings is 2. The topological polar surface area (TPSA) is 104 Å². The summed E-state index contributed by atoms with van der Waals surface area (Å²) in [5.41, 5.74) is 0. The van der Waals surface area contributed by atoms with Gasteiger partial charge < -0.3 is 4.18 Å². The Morgan fingerprint density at radius 1 is 0.905 bits per heavy atom. The summed E-state index contributed by atoms with van der Waals surface area (Å²) in [6.07, 6.45) is 0. The molecule has 0 radical (unpaired) electrons. The van der Waals surface area contributed by atoms with Gasteiger partial charge in [-0.2, -0.15) is 8.42 Å². The fraction of sp³-hybridized carbons (Fsp3) is 0.